The molecule has 1 rings (SSSR count). The van der Waals surface area contributed by atoms with Crippen LogP contribution in [0.2, 0.25) is 0 Å². The predicted molar refractivity (Wildman–Crippen MR) is 76.3 cm³/mol. The minimum Gasteiger partial charge on any atom is -0.316 e. The lowest BCUT2D eigenvalue weighted by atomic mass is 9.80. The van der Waals surface area contributed by atoms with Gasteiger partial charge in [0.1, 0.15) is 0 Å². The van der Waals surface area contributed by atoms with E-state index in [4.69, 9.17) is 0 Å². The fourth-order valence-electron chi connectivity index (χ4n) is 2.64. The maximum atomic E-state index is 3.72. The van der Waals surface area contributed by atoms with Gasteiger partial charge in [0.2, 0.25) is 0 Å². The fraction of sp³-hybridized carbons (Fsp3) is 1.00. The molecule has 0 amide bonds. The van der Waals surface area contributed by atoms with Gasteiger partial charge in [-0.05, 0) is 42.7 Å². The van der Waals surface area contributed by atoms with Gasteiger partial charge in [-0.25, -0.2) is 0 Å². The number of nitrogens with one attached hydrogen (secondary N) is 2. The summed E-state index contributed by atoms with van der Waals surface area (Å²) in [6, 6.07) is 0. The summed E-state index contributed by atoms with van der Waals surface area (Å²) in [5, 5.41) is 7.25. The molecule has 0 aliphatic carbocycles. The minimum atomic E-state index is 0.416. The van der Waals surface area contributed by atoms with Gasteiger partial charge in [0.15, 0.2) is 0 Å². The van der Waals surface area contributed by atoms with Gasteiger partial charge in [-0.15, -0.1) is 0 Å². The maximum absolute atomic E-state index is 3.72. The Bertz CT molecular complexity index is 211. The Hall–Kier alpha value is -0.0800. The Morgan fingerprint density at radius 3 is 2.53 bits per heavy atom. The van der Waals surface area contributed by atoms with Crippen molar-refractivity contribution >= 4 is 0 Å². The summed E-state index contributed by atoms with van der Waals surface area (Å²) in [4.78, 5) is 0. The zero-order valence-corrected chi connectivity index (χ0v) is 12.5. The number of hydrogen-bond donors (Lipinski definition) is 2. The molecular formula is C15H32N2. The molecule has 102 valence electrons. The highest BCUT2D eigenvalue weighted by Crippen LogP contribution is 2.30. The van der Waals surface area contributed by atoms with E-state index < -0.39 is 0 Å². The molecule has 1 aliphatic rings. The van der Waals surface area contributed by atoms with Crippen LogP contribution in [0.15, 0.2) is 0 Å². The molecule has 1 aliphatic heterocycles. The summed E-state index contributed by atoms with van der Waals surface area (Å²) in [5.74, 6) is 0.732. The van der Waals surface area contributed by atoms with Crippen LogP contribution in [0.3, 0.4) is 0 Å². The van der Waals surface area contributed by atoms with Crippen molar-refractivity contribution in [2.24, 2.45) is 16.7 Å². The van der Waals surface area contributed by atoms with Gasteiger partial charge in [-0.2, -0.15) is 0 Å². The molecule has 1 saturated heterocycles. The summed E-state index contributed by atoms with van der Waals surface area (Å²) in [6.45, 7) is 16.4. The van der Waals surface area contributed by atoms with E-state index in [-0.39, 0.29) is 0 Å². The lowest BCUT2D eigenvalue weighted by molar-refractivity contribution is 0.224. The van der Waals surface area contributed by atoms with E-state index in [9.17, 15) is 0 Å². The summed E-state index contributed by atoms with van der Waals surface area (Å²) in [5.41, 5.74) is 0.950. The second kappa shape index (κ2) is 6.19. The predicted octanol–water partition coefficient (Wildman–Crippen LogP) is 3.04. The molecule has 2 N–H and O–H groups in total. The zero-order valence-electron chi connectivity index (χ0n) is 12.5. The van der Waals surface area contributed by atoms with E-state index in [0.29, 0.717) is 10.8 Å². The Kier molecular flexibility index (Phi) is 5.46. The topological polar surface area (TPSA) is 24.1 Å². The lowest BCUT2D eigenvalue weighted by Gasteiger charge is -2.32. The molecule has 0 aromatic rings. The third-order valence-corrected chi connectivity index (χ3v) is 4.54. The van der Waals surface area contributed by atoms with E-state index in [1.165, 1.54) is 38.9 Å². The molecule has 0 aromatic heterocycles. The molecule has 0 spiro atoms. The van der Waals surface area contributed by atoms with E-state index in [1.807, 2.05) is 0 Å². The number of hydrogen-bond acceptors (Lipinski definition) is 2. The molecule has 0 radical (unpaired) electrons. The van der Waals surface area contributed by atoms with Crippen molar-refractivity contribution in [3.8, 4) is 0 Å². The van der Waals surface area contributed by atoms with Crippen LogP contribution in [0.1, 0.15) is 53.9 Å². The van der Waals surface area contributed by atoms with Crippen molar-refractivity contribution in [2.75, 3.05) is 26.2 Å². The van der Waals surface area contributed by atoms with E-state index in [0.717, 1.165) is 12.5 Å². The largest absolute Gasteiger partial charge is 0.316 e. The summed E-state index contributed by atoms with van der Waals surface area (Å²) in [7, 11) is 0. The average Bonchev–Trinajstić information content (AvgIpc) is 2.66. The van der Waals surface area contributed by atoms with E-state index >= 15 is 0 Å². The molecule has 2 atom stereocenters. The highest BCUT2D eigenvalue weighted by molar-refractivity contribution is 4.89. The average molecular weight is 240 g/mol. The molecule has 17 heavy (non-hydrogen) atoms. The first-order chi connectivity index (χ1) is 7.90. The van der Waals surface area contributed by atoms with Crippen molar-refractivity contribution < 1.29 is 0 Å². The van der Waals surface area contributed by atoms with E-state index in [1.54, 1.807) is 0 Å². The van der Waals surface area contributed by atoms with Crippen LogP contribution in [0.25, 0.3) is 0 Å². The van der Waals surface area contributed by atoms with Gasteiger partial charge in [-0.1, -0.05) is 41.0 Å². The second-order valence-corrected chi connectivity index (χ2v) is 7.07. The fourth-order valence-corrected chi connectivity index (χ4v) is 2.64. The highest BCUT2D eigenvalue weighted by Gasteiger charge is 2.32. The summed E-state index contributed by atoms with van der Waals surface area (Å²) in [6.07, 6.45) is 4.01. The van der Waals surface area contributed by atoms with Crippen molar-refractivity contribution in [2.45, 2.75) is 53.9 Å². The first-order valence-corrected chi connectivity index (χ1v) is 7.31. The van der Waals surface area contributed by atoms with Crippen LogP contribution in [0.5, 0.6) is 0 Å². The van der Waals surface area contributed by atoms with Gasteiger partial charge in [-0.3, -0.25) is 0 Å². The molecule has 1 heterocycles. The Labute approximate surface area is 108 Å². The minimum absolute atomic E-state index is 0.416. The Morgan fingerprint density at radius 1 is 1.35 bits per heavy atom. The third kappa shape index (κ3) is 4.59. The van der Waals surface area contributed by atoms with Crippen LogP contribution in [-0.4, -0.2) is 26.2 Å². The van der Waals surface area contributed by atoms with Gasteiger partial charge < -0.3 is 10.6 Å². The Balaban J connectivity index is 2.33. The van der Waals surface area contributed by atoms with Crippen LogP contribution in [0, 0.1) is 16.7 Å². The molecule has 0 saturated carbocycles. The monoisotopic (exact) mass is 240 g/mol. The van der Waals surface area contributed by atoms with Crippen molar-refractivity contribution in [3.05, 3.63) is 0 Å². The molecule has 2 unspecified atom stereocenters. The first-order valence-electron chi connectivity index (χ1n) is 7.31. The third-order valence-electron chi connectivity index (χ3n) is 4.54. The standard InChI is InChI=1S/C15H32N2/c1-6-7-15(8-9-16-11-15)12-17-10-13(2)14(3,4)5/h13,16-17H,6-12H2,1-5H3. The lowest BCUT2D eigenvalue weighted by Crippen LogP contribution is -2.39. The van der Waals surface area contributed by atoms with Crippen LogP contribution in [0.4, 0.5) is 0 Å². The van der Waals surface area contributed by atoms with Crippen LogP contribution in [-0.2, 0) is 0 Å². The van der Waals surface area contributed by atoms with Gasteiger partial charge in [0, 0.05) is 13.1 Å². The maximum Gasteiger partial charge on any atom is 0.00206 e. The normalized spacial score (nSPS) is 27.4. The van der Waals surface area contributed by atoms with Gasteiger partial charge >= 0.3 is 0 Å². The van der Waals surface area contributed by atoms with Gasteiger partial charge in [0.05, 0.1) is 0 Å². The smallest absolute Gasteiger partial charge is 0.00206 e. The summed E-state index contributed by atoms with van der Waals surface area (Å²) < 4.78 is 0. The van der Waals surface area contributed by atoms with Crippen LogP contribution >= 0.6 is 0 Å². The molecule has 2 heteroatoms. The quantitative estimate of drug-likeness (QED) is 0.746. The van der Waals surface area contributed by atoms with Crippen molar-refractivity contribution in [1.82, 2.24) is 10.6 Å². The highest BCUT2D eigenvalue weighted by atomic mass is 15.0. The first kappa shape index (κ1) is 15.0. The SMILES string of the molecule is CCCC1(CNCC(C)C(C)(C)C)CCNC1. The van der Waals surface area contributed by atoms with Crippen molar-refractivity contribution in [3.63, 3.8) is 0 Å². The van der Waals surface area contributed by atoms with E-state index in [2.05, 4.69) is 45.3 Å². The zero-order chi connectivity index (χ0) is 12.9. The molecular weight excluding hydrogens is 208 g/mol. The van der Waals surface area contributed by atoms with Gasteiger partial charge in [0.25, 0.3) is 0 Å². The van der Waals surface area contributed by atoms with Crippen LogP contribution < -0.4 is 10.6 Å². The van der Waals surface area contributed by atoms with Crippen molar-refractivity contribution in [1.29, 1.82) is 0 Å². The summed E-state index contributed by atoms with van der Waals surface area (Å²) >= 11 is 0. The molecule has 0 bridgehead atoms. The Morgan fingerprint density at radius 2 is 2.06 bits per heavy atom. The second-order valence-electron chi connectivity index (χ2n) is 7.07. The number of rotatable bonds is 6. The molecule has 0 aromatic carbocycles. The molecule has 2 nitrogen and oxygen atoms in total. The molecule has 1 fully saturated rings.